The molecule has 0 unspecified atom stereocenters. The number of fused-ring (bicyclic) bond motifs is 1. The van der Waals surface area contributed by atoms with E-state index in [0.29, 0.717) is 11.1 Å². The van der Waals surface area contributed by atoms with E-state index in [1.54, 1.807) is 42.6 Å². The van der Waals surface area contributed by atoms with E-state index in [1.807, 2.05) is 32.0 Å². The summed E-state index contributed by atoms with van der Waals surface area (Å²) >= 11 is 0. The first-order chi connectivity index (χ1) is 19.9. The van der Waals surface area contributed by atoms with Crippen LogP contribution in [0.25, 0.3) is 10.9 Å². The van der Waals surface area contributed by atoms with Crippen LogP contribution in [0.15, 0.2) is 60.8 Å². The van der Waals surface area contributed by atoms with Gasteiger partial charge in [0.05, 0.1) is 0 Å². The SMILES string of the molecule is CC(C)C[C@H](NC(=O)[C@@H]1CCC(=O)N1C(=O)OCc1ccccc1)C(=O)N[C@@H](Cc1c[nH]c2ccccc12)P(=O)(O)O. The maximum atomic E-state index is 13.4. The van der Waals surface area contributed by atoms with Crippen molar-refractivity contribution in [2.24, 2.45) is 5.92 Å². The summed E-state index contributed by atoms with van der Waals surface area (Å²) in [6.45, 7) is 3.56. The van der Waals surface area contributed by atoms with Gasteiger partial charge >= 0.3 is 13.7 Å². The number of ether oxygens (including phenoxy) is 1. The normalized spacial score (nSPS) is 16.8. The molecule has 0 aliphatic carbocycles. The number of rotatable bonds is 11. The van der Waals surface area contributed by atoms with Gasteiger partial charge in [-0.25, -0.2) is 9.69 Å². The summed E-state index contributed by atoms with van der Waals surface area (Å²) in [7, 11) is -4.81. The van der Waals surface area contributed by atoms with E-state index in [1.165, 1.54) is 0 Å². The molecule has 4 amide bonds. The summed E-state index contributed by atoms with van der Waals surface area (Å²) in [5.41, 5.74) is 2.10. The molecule has 2 aromatic carbocycles. The minimum absolute atomic E-state index is 0.0484. The fourth-order valence-corrected chi connectivity index (χ4v) is 5.68. The topological polar surface area (TPSA) is 178 Å². The summed E-state index contributed by atoms with van der Waals surface area (Å²) in [5.74, 6) is -3.72. The van der Waals surface area contributed by atoms with Crippen LogP contribution in [0.2, 0.25) is 0 Å². The molecule has 0 spiro atoms. The Hall–Kier alpha value is -3.99. The van der Waals surface area contributed by atoms with E-state index in [-0.39, 0.29) is 38.2 Å². The van der Waals surface area contributed by atoms with Crippen molar-refractivity contribution in [3.8, 4) is 0 Å². The maximum absolute atomic E-state index is 13.4. The van der Waals surface area contributed by atoms with Crippen molar-refractivity contribution in [1.29, 1.82) is 0 Å². The van der Waals surface area contributed by atoms with Gasteiger partial charge in [0.25, 0.3) is 0 Å². The fourth-order valence-electron chi connectivity index (χ4n) is 4.95. The number of benzene rings is 2. The molecular weight excluding hydrogens is 563 g/mol. The number of nitrogens with zero attached hydrogens (tertiary/aromatic N) is 1. The van der Waals surface area contributed by atoms with Gasteiger partial charge in [0.2, 0.25) is 17.7 Å². The van der Waals surface area contributed by atoms with Crippen LogP contribution in [0.5, 0.6) is 0 Å². The largest absolute Gasteiger partial charge is 0.444 e. The van der Waals surface area contributed by atoms with Gasteiger partial charge in [0.15, 0.2) is 0 Å². The van der Waals surface area contributed by atoms with E-state index < -0.39 is 49.3 Å². The number of aromatic nitrogens is 1. The molecule has 5 N–H and O–H groups in total. The van der Waals surface area contributed by atoms with Gasteiger partial charge in [-0.05, 0) is 36.0 Å². The van der Waals surface area contributed by atoms with E-state index in [0.717, 1.165) is 15.8 Å². The number of nitrogens with one attached hydrogen (secondary N) is 3. The fraction of sp³-hybridized carbons (Fsp3) is 0.379. The number of carbonyl (C=O) groups is 4. The van der Waals surface area contributed by atoms with Crippen LogP contribution in [0.3, 0.4) is 0 Å². The van der Waals surface area contributed by atoms with Crippen LogP contribution in [0, 0.1) is 5.92 Å². The van der Waals surface area contributed by atoms with Crippen molar-refractivity contribution in [1.82, 2.24) is 20.5 Å². The lowest BCUT2D eigenvalue weighted by Crippen LogP contribution is -2.55. The summed E-state index contributed by atoms with van der Waals surface area (Å²) < 4.78 is 17.7. The molecule has 1 fully saturated rings. The molecule has 2 heterocycles. The second-order valence-electron chi connectivity index (χ2n) is 10.7. The van der Waals surface area contributed by atoms with Crippen molar-refractivity contribution >= 4 is 42.3 Å². The zero-order valence-corrected chi connectivity index (χ0v) is 24.3. The molecule has 0 saturated carbocycles. The van der Waals surface area contributed by atoms with Gasteiger partial charge in [0.1, 0.15) is 24.5 Å². The molecular formula is C29H35N4O8P. The lowest BCUT2D eigenvalue weighted by atomic mass is 10.0. The lowest BCUT2D eigenvalue weighted by molar-refractivity contribution is -0.135. The second kappa shape index (κ2) is 13.3. The molecule has 0 radical (unpaired) electrons. The van der Waals surface area contributed by atoms with Crippen LogP contribution in [-0.2, 0) is 36.7 Å². The van der Waals surface area contributed by atoms with Crippen LogP contribution in [0.4, 0.5) is 4.79 Å². The average molecular weight is 599 g/mol. The highest BCUT2D eigenvalue weighted by Gasteiger charge is 2.43. The Morgan fingerprint density at radius 2 is 1.76 bits per heavy atom. The summed E-state index contributed by atoms with van der Waals surface area (Å²) in [4.78, 5) is 75.9. The first kappa shape index (κ1) is 31.0. The third kappa shape index (κ3) is 7.64. The molecule has 3 aromatic rings. The Kier molecular flexibility index (Phi) is 9.82. The summed E-state index contributed by atoms with van der Waals surface area (Å²) in [6.07, 6.45) is 0.664. The number of amides is 4. The van der Waals surface area contributed by atoms with Gasteiger partial charge < -0.3 is 30.1 Å². The zero-order valence-electron chi connectivity index (χ0n) is 23.4. The number of para-hydroxylation sites is 1. The van der Waals surface area contributed by atoms with Crippen molar-refractivity contribution in [3.63, 3.8) is 0 Å². The van der Waals surface area contributed by atoms with Crippen LogP contribution in [0.1, 0.15) is 44.2 Å². The predicted molar refractivity (Wildman–Crippen MR) is 154 cm³/mol. The molecule has 0 bridgehead atoms. The number of hydrogen-bond donors (Lipinski definition) is 5. The minimum Gasteiger partial charge on any atom is -0.444 e. The number of imide groups is 1. The Balaban J connectivity index is 1.46. The minimum atomic E-state index is -4.81. The Bertz CT molecular complexity index is 1490. The Morgan fingerprint density at radius 1 is 1.07 bits per heavy atom. The van der Waals surface area contributed by atoms with E-state index in [9.17, 15) is 33.5 Å². The van der Waals surface area contributed by atoms with Gasteiger partial charge in [-0.1, -0.05) is 62.4 Å². The van der Waals surface area contributed by atoms with Gasteiger partial charge in [0, 0.05) is 29.9 Å². The van der Waals surface area contributed by atoms with Crippen LogP contribution < -0.4 is 10.6 Å². The third-order valence-electron chi connectivity index (χ3n) is 7.06. The van der Waals surface area contributed by atoms with E-state index >= 15 is 0 Å². The number of hydrogen-bond acceptors (Lipinski definition) is 6. The summed E-state index contributed by atoms with van der Waals surface area (Å²) in [5, 5.41) is 5.81. The number of aromatic amines is 1. The number of likely N-dealkylation sites (tertiary alicyclic amines) is 1. The standard InChI is InChI=1S/C29H35N4O8P/c1-18(2)14-23(27(35)32-25(42(38,39)40)15-20-16-30-22-11-7-6-10-21(20)22)31-28(36)24-12-13-26(34)33(24)29(37)41-17-19-8-4-3-5-9-19/h3-11,16,18,23-25,30H,12-15,17H2,1-2H3,(H,31,36)(H,32,35)(H2,38,39,40)/t23-,24-,25+/m0/s1. The van der Waals surface area contributed by atoms with Crippen LogP contribution in [-0.4, -0.2) is 61.4 Å². The van der Waals surface area contributed by atoms with E-state index in [2.05, 4.69) is 15.6 Å². The molecule has 3 atom stereocenters. The lowest BCUT2D eigenvalue weighted by Gasteiger charge is -2.27. The molecule has 4 rings (SSSR count). The summed E-state index contributed by atoms with van der Waals surface area (Å²) in [6, 6.07) is 13.8. The van der Waals surface area contributed by atoms with Gasteiger partial charge in [-0.2, -0.15) is 0 Å². The monoisotopic (exact) mass is 598 g/mol. The number of H-pyrrole nitrogens is 1. The molecule has 1 aliphatic heterocycles. The highest BCUT2D eigenvalue weighted by atomic mass is 31.2. The highest BCUT2D eigenvalue weighted by Crippen LogP contribution is 2.42. The molecule has 42 heavy (non-hydrogen) atoms. The smallest absolute Gasteiger partial charge is 0.417 e. The van der Waals surface area contributed by atoms with Gasteiger partial charge in [-0.15, -0.1) is 0 Å². The van der Waals surface area contributed by atoms with Gasteiger partial charge in [-0.3, -0.25) is 18.9 Å². The third-order valence-corrected chi connectivity index (χ3v) is 8.18. The molecule has 12 nitrogen and oxygen atoms in total. The van der Waals surface area contributed by atoms with Crippen molar-refractivity contribution in [2.75, 3.05) is 0 Å². The van der Waals surface area contributed by atoms with Crippen LogP contribution >= 0.6 is 7.60 Å². The molecule has 1 aromatic heterocycles. The molecule has 224 valence electrons. The average Bonchev–Trinajstić information content (AvgIpc) is 3.54. The first-order valence-corrected chi connectivity index (χ1v) is 15.4. The quantitative estimate of drug-likeness (QED) is 0.209. The number of carbonyl (C=O) groups excluding carboxylic acids is 4. The van der Waals surface area contributed by atoms with Crippen molar-refractivity contribution in [2.45, 2.75) is 64.0 Å². The molecule has 1 saturated heterocycles. The second-order valence-corrected chi connectivity index (χ2v) is 12.5. The molecule has 13 heteroatoms. The zero-order chi connectivity index (χ0) is 30.4. The highest BCUT2D eigenvalue weighted by molar-refractivity contribution is 7.52. The Labute approximate surface area is 243 Å². The van der Waals surface area contributed by atoms with Crippen molar-refractivity contribution < 1.29 is 38.3 Å². The van der Waals surface area contributed by atoms with E-state index in [4.69, 9.17) is 4.74 Å². The first-order valence-electron chi connectivity index (χ1n) is 13.7. The van der Waals surface area contributed by atoms with Crippen molar-refractivity contribution in [3.05, 3.63) is 71.9 Å². The predicted octanol–water partition coefficient (Wildman–Crippen LogP) is 3.19. The molecule has 1 aliphatic rings. The maximum Gasteiger partial charge on any atom is 0.417 e. The Morgan fingerprint density at radius 3 is 2.45 bits per heavy atom.